The van der Waals surface area contributed by atoms with Gasteiger partial charge in [0.05, 0.1) is 6.61 Å². The number of aliphatic hydroxyl groups excluding tert-OH is 1. The molecule has 12 heteroatoms. The number of anilines is 3. The van der Waals surface area contributed by atoms with Gasteiger partial charge in [-0.15, -0.1) is 0 Å². The van der Waals surface area contributed by atoms with Gasteiger partial charge < -0.3 is 20.6 Å². The molecule has 2 aliphatic rings. The van der Waals surface area contributed by atoms with E-state index in [1.807, 2.05) is 18.9 Å². The fourth-order valence-electron chi connectivity index (χ4n) is 4.14. The van der Waals surface area contributed by atoms with Gasteiger partial charge in [-0.2, -0.15) is 10.1 Å². The van der Waals surface area contributed by atoms with E-state index in [9.17, 15) is 17.9 Å². The molecule has 4 N–H and O–H groups in total. The Balaban J connectivity index is 0.000000454. The van der Waals surface area contributed by atoms with E-state index in [0.29, 0.717) is 29.9 Å². The Morgan fingerprint density at radius 2 is 1.91 bits per heavy atom. The summed E-state index contributed by atoms with van der Waals surface area (Å²) in [5, 5.41) is 23.0. The number of aromatic amines is 1. The minimum absolute atomic E-state index is 0.0178. The first-order valence-electron chi connectivity index (χ1n) is 11.2. The second kappa shape index (κ2) is 10.7. The van der Waals surface area contributed by atoms with Gasteiger partial charge in [-0.3, -0.25) is 5.10 Å². The van der Waals surface area contributed by atoms with E-state index < -0.39 is 22.3 Å². The smallest absolute Gasteiger partial charge is 0.227 e. The Kier molecular flexibility index (Phi) is 8.24. The molecule has 2 saturated heterocycles. The van der Waals surface area contributed by atoms with Gasteiger partial charge in [0.2, 0.25) is 5.95 Å². The first kappa shape index (κ1) is 25.3. The van der Waals surface area contributed by atoms with Crippen molar-refractivity contribution in [2.75, 3.05) is 29.3 Å². The van der Waals surface area contributed by atoms with Crippen molar-refractivity contribution in [3.63, 3.8) is 0 Å². The van der Waals surface area contributed by atoms with E-state index >= 15 is 0 Å². The summed E-state index contributed by atoms with van der Waals surface area (Å²) in [7, 11) is -0.715. The molecule has 2 fully saturated rings. The monoisotopic (exact) mass is 483 g/mol. The third-order valence-corrected chi connectivity index (χ3v) is 7.14. The van der Waals surface area contributed by atoms with Crippen LogP contribution in [0.1, 0.15) is 50.4 Å². The molecule has 2 bridgehead atoms. The highest BCUT2D eigenvalue weighted by atomic mass is 32.2. The number of fused-ring (bicyclic) bond motifs is 2. The predicted octanol–water partition coefficient (Wildman–Crippen LogP) is 2.04. The normalized spacial score (nSPS) is 22.3. The Hall–Kier alpha value is -2.31. The van der Waals surface area contributed by atoms with Crippen LogP contribution in [0.3, 0.4) is 0 Å². The second-order valence-corrected chi connectivity index (χ2v) is 11.2. The SMILES string of the molecule is CCS(C)(=O)=O.Cc1cc(Nc2nc(N(C)C3C[C@H]4CCC[C@@H](C3)N4)nc(CO)c2F)n[nH]1. The van der Waals surface area contributed by atoms with Crippen LogP contribution in [0.5, 0.6) is 0 Å². The van der Waals surface area contributed by atoms with Gasteiger partial charge in [0, 0.05) is 48.9 Å². The van der Waals surface area contributed by atoms with Crippen LogP contribution in [0, 0.1) is 12.7 Å². The summed E-state index contributed by atoms with van der Waals surface area (Å²) >= 11 is 0. The number of nitrogens with zero attached hydrogens (tertiary/aromatic N) is 4. The van der Waals surface area contributed by atoms with Gasteiger partial charge in [-0.25, -0.2) is 17.8 Å². The molecule has 0 radical (unpaired) electrons. The molecule has 1 unspecified atom stereocenters. The molecule has 2 aromatic rings. The molecule has 184 valence electrons. The number of rotatable bonds is 6. The summed E-state index contributed by atoms with van der Waals surface area (Å²) in [6.45, 7) is 3.00. The van der Waals surface area contributed by atoms with Crippen LogP contribution in [0.4, 0.5) is 22.0 Å². The summed E-state index contributed by atoms with van der Waals surface area (Å²) in [4.78, 5) is 10.7. The molecule has 4 heterocycles. The van der Waals surface area contributed by atoms with Gasteiger partial charge in [-0.1, -0.05) is 13.3 Å². The molecule has 0 spiro atoms. The predicted molar refractivity (Wildman–Crippen MR) is 126 cm³/mol. The molecule has 2 aliphatic heterocycles. The van der Waals surface area contributed by atoms with E-state index in [1.54, 1.807) is 13.0 Å². The third kappa shape index (κ3) is 6.84. The quantitative estimate of drug-likeness (QED) is 0.486. The van der Waals surface area contributed by atoms with Crippen molar-refractivity contribution < 1.29 is 17.9 Å². The Labute approximate surface area is 194 Å². The van der Waals surface area contributed by atoms with E-state index in [2.05, 4.69) is 30.8 Å². The van der Waals surface area contributed by atoms with Crippen molar-refractivity contribution in [1.82, 2.24) is 25.5 Å². The van der Waals surface area contributed by atoms with Crippen molar-refractivity contribution in [3.8, 4) is 0 Å². The number of sulfone groups is 1. The summed E-state index contributed by atoms with van der Waals surface area (Å²) in [6.07, 6.45) is 6.91. The minimum Gasteiger partial charge on any atom is -0.390 e. The zero-order valence-electron chi connectivity index (χ0n) is 19.6. The molecule has 33 heavy (non-hydrogen) atoms. The van der Waals surface area contributed by atoms with E-state index in [4.69, 9.17) is 0 Å². The Morgan fingerprint density at radius 3 is 2.42 bits per heavy atom. The maximum atomic E-state index is 14.6. The molecule has 4 rings (SSSR count). The van der Waals surface area contributed by atoms with Gasteiger partial charge >= 0.3 is 0 Å². The van der Waals surface area contributed by atoms with Crippen LogP contribution in [-0.2, 0) is 16.4 Å². The highest BCUT2D eigenvalue weighted by molar-refractivity contribution is 7.90. The summed E-state index contributed by atoms with van der Waals surface area (Å²) in [5.41, 5.74) is 0.837. The van der Waals surface area contributed by atoms with E-state index in [-0.39, 0.29) is 17.3 Å². The number of aliphatic hydroxyl groups is 1. The van der Waals surface area contributed by atoms with Gasteiger partial charge in [0.25, 0.3) is 0 Å². The summed E-state index contributed by atoms with van der Waals surface area (Å²) in [6, 6.07) is 3.09. The molecular formula is C21H34FN7O3S. The zero-order valence-corrected chi connectivity index (χ0v) is 20.4. The molecular weight excluding hydrogens is 449 g/mol. The third-order valence-electron chi connectivity index (χ3n) is 6.09. The van der Waals surface area contributed by atoms with E-state index in [0.717, 1.165) is 18.5 Å². The first-order valence-corrected chi connectivity index (χ1v) is 13.3. The van der Waals surface area contributed by atoms with Crippen molar-refractivity contribution >= 4 is 27.4 Å². The maximum absolute atomic E-state index is 14.6. The molecule has 3 atom stereocenters. The number of piperidine rings is 2. The van der Waals surface area contributed by atoms with Gasteiger partial charge in [0.1, 0.15) is 15.5 Å². The number of aryl methyl sites for hydroxylation is 1. The zero-order chi connectivity index (χ0) is 24.2. The summed E-state index contributed by atoms with van der Waals surface area (Å²) < 4.78 is 34.6. The second-order valence-electron chi connectivity index (χ2n) is 8.79. The van der Waals surface area contributed by atoms with Crippen molar-refractivity contribution in [3.05, 3.63) is 23.3 Å². The molecule has 2 aromatic heterocycles. The molecule has 0 aromatic carbocycles. The average molecular weight is 484 g/mol. The van der Waals surface area contributed by atoms with Crippen LogP contribution in [0.15, 0.2) is 6.07 Å². The number of hydrogen-bond acceptors (Lipinski definition) is 9. The largest absolute Gasteiger partial charge is 0.390 e. The lowest BCUT2D eigenvalue weighted by molar-refractivity contribution is 0.218. The minimum atomic E-state index is -2.66. The highest BCUT2D eigenvalue weighted by Gasteiger charge is 2.34. The molecule has 0 aliphatic carbocycles. The van der Waals surface area contributed by atoms with Crippen LogP contribution >= 0.6 is 0 Å². The number of hydrogen-bond donors (Lipinski definition) is 4. The maximum Gasteiger partial charge on any atom is 0.227 e. The number of halogens is 1. The average Bonchev–Trinajstić information content (AvgIpc) is 3.18. The Morgan fingerprint density at radius 1 is 1.27 bits per heavy atom. The molecule has 0 amide bonds. The van der Waals surface area contributed by atoms with Gasteiger partial charge in [-0.05, 0) is 32.6 Å². The molecule has 0 saturated carbocycles. The number of H-pyrrole nitrogens is 1. The number of aromatic nitrogens is 4. The van der Waals surface area contributed by atoms with Crippen molar-refractivity contribution in [2.24, 2.45) is 0 Å². The van der Waals surface area contributed by atoms with Gasteiger partial charge in [0.15, 0.2) is 17.5 Å². The Bertz CT molecular complexity index is 1030. The van der Waals surface area contributed by atoms with Crippen molar-refractivity contribution in [2.45, 2.75) is 70.7 Å². The molecule has 10 nitrogen and oxygen atoms in total. The van der Waals surface area contributed by atoms with Crippen LogP contribution in [-0.4, -0.2) is 70.9 Å². The topological polar surface area (TPSA) is 136 Å². The standard InChI is InChI=1S/C18H26FN7O.C3H8O2S/c1-10-6-15(25-24-10)22-17-16(19)14(9-27)21-18(23-17)26(2)13-7-11-4-3-5-12(8-13)20-11;1-3-6(2,4)5/h6,11-13,20,27H,3-5,7-9H2,1-2H3,(H2,21,22,23,24,25);3H2,1-2H3/t11-,12+,13?;. The van der Waals surface area contributed by atoms with Crippen LogP contribution in [0.25, 0.3) is 0 Å². The van der Waals surface area contributed by atoms with Crippen LogP contribution < -0.4 is 15.5 Å². The van der Waals surface area contributed by atoms with E-state index in [1.165, 1.54) is 25.5 Å². The number of nitrogens with one attached hydrogen (secondary N) is 3. The summed E-state index contributed by atoms with van der Waals surface area (Å²) in [5.74, 6) is 0.501. The lowest BCUT2D eigenvalue weighted by Crippen LogP contribution is -2.54. The van der Waals surface area contributed by atoms with Crippen LogP contribution in [0.2, 0.25) is 0 Å². The fourth-order valence-corrected chi connectivity index (χ4v) is 4.14. The highest BCUT2D eigenvalue weighted by Crippen LogP contribution is 2.30. The lowest BCUT2D eigenvalue weighted by atomic mass is 9.83. The fraction of sp³-hybridized carbons (Fsp3) is 0.667. The lowest BCUT2D eigenvalue weighted by Gasteiger charge is -2.43. The first-order chi connectivity index (χ1) is 15.6. The van der Waals surface area contributed by atoms with Crippen molar-refractivity contribution in [1.29, 1.82) is 0 Å².